The van der Waals surface area contributed by atoms with E-state index < -0.39 is 10.9 Å². The Kier molecular flexibility index (Phi) is 5.90. The third-order valence-electron chi connectivity index (χ3n) is 5.82. The molecule has 7 nitrogen and oxygen atoms in total. The molecule has 0 saturated heterocycles. The van der Waals surface area contributed by atoms with Crippen LogP contribution in [0.4, 0.5) is 11.4 Å². The van der Waals surface area contributed by atoms with Gasteiger partial charge < -0.3 is 10.1 Å². The van der Waals surface area contributed by atoms with Crippen molar-refractivity contribution in [2.75, 3.05) is 5.32 Å². The lowest BCUT2D eigenvalue weighted by Crippen LogP contribution is -2.19. The normalized spacial score (nSPS) is 17.2. The summed E-state index contributed by atoms with van der Waals surface area (Å²) in [5.74, 6) is -0.133. The van der Waals surface area contributed by atoms with E-state index in [0.29, 0.717) is 12.2 Å². The van der Waals surface area contributed by atoms with Crippen LogP contribution in [-0.2, 0) is 4.79 Å². The lowest BCUT2D eigenvalue weighted by atomic mass is 9.89. The van der Waals surface area contributed by atoms with E-state index in [-0.39, 0.29) is 22.3 Å². The Morgan fingerprint density at radius 2 is 1.82 bits per heavy atom. The van der Waals surface area contributed by atoms with Gasteiger partial charge in [0.2, 0.25) is 0 Å². The quantitative estimate of drug-likeness (QED) is 0.213. The molecule has 170 valence electrons. The zero-order chi connectivity index (χ0) is 23.7. The van der Waals surface area contributed by atoms with E-state index in [0.717, 1.165) is 40.3 Å². The number of para-hydroxylation sites is 1. The fraction of sp³-hybridized carbons (Fsp3) is 0.154. The Balaban J connectivity index is 1.46. The number of carbonyl (C=O) groups excluding carboxylic acids is 2. The second kappa shape index (κ2) is 9.15. The highest BCUT2D eigenvalue weighted by molar-refractivity contribution is 8.00. The number of fused-ring (bicyclic) bond motifs is 1. The standard InChI is InChI=1S/C26H20N2O5S/c29-22-9-4-8-21-24(22)25(34-23-10-2-1-7-20(23)27-21)17-5-3-6-19(15-17)33-26(30)16-11-13-18(14-12-16)28(31)32/h1-3,5-7,10-15,25,27H,4,8-9H2/t25-/m1/s1. The molecule has 2 aliphatic rings. The van der Waals surface area contributed by atoms with Gasteiger partial charge >= 0.3 is 5.97 Å². The van der Waals surface area contributed by atoms with Crippen molar-refractivity contribution in [1.29, 1.82) is 0 Å². The van der Waals surface area contributed by atoms with Gasteiger partial charge in [0, 0.05) is 34.7 Å². The van der Waals surface area contributed by atoms with Gasteiger partial charge in [-0.25, -0.2) is 4.79 Å². The van der Waals surface area contributed by atoms with Gasteiger partial charge in [0.15, 0.2) is 5.78 Å². The van der Waals surface area contributed by atoms with E-state index >= 15 is 0 Å². The number of non-ortho nitro benzene ring substituents is 1. The number of rotatable bonds is 4. The second-order valence-electron chi connectivity index (χ2n) is 8.05. The molecule has 8 heteroatoms. The summed E-state index contributed by atoms with van der Waals surface area (Å²) in [6.07, 6.45) is 2.14. The number of nitro benzene ring substituents is 1. The van der Waals surface area contributed by atoms with Gasteiger partial charge in [-0.2, -0.15) is 0 Å². The molecule has 0 fully saturated rings. The molecule has 0 amide bonds. The Morgan fingerprint density at radius 1 is 1.03 bits per heavy atom. The monoisotopic (exact) mass is 472 g/mol. The fourth-order valence-electron chi connectivity index (χ4n) is 4.18. The number of nitrogens with zero attached hydrogens (tertiary/aromatic N) is 1. The summed E-state index contributed by atoms with van der Waals surface area (Å²) in [6, 6.07) is 20.4. The molecule has 1 aliphatic heterocycles. The summed E-state index contributed by atoms with van der Waals surface area (Å²) < 4.78 is 5.56. The first-order chi connectivity index (χ1) is 16.5. The van der Waals surface area contributed by atoms with Crippen molar-refractivity contribution in [1.82, 2.24) is 0 Å². The number of allylic oxidation sites excluding steroid dienone is 1. The van der Waals surface area contributed by atoms with Crippen molar-refractivity contribution < 1.29 is 19.2 Å². The van der Waals surface area contributed by atoms with Gasteiger partial charge in [-0.3, -0.25) is 14.9 Å². The van der Waals surface area contributed by atoms with Crippen molar-refractivity contribution in [3.05, 3.63) is 105 Å². The first-order valence-electron chi connectivity index (χ1n) is 10.8. The lowest BCUT2D eigenvalue weighted by molar-refractivity contribution is -0.384. The number of hydrogen-bond donors (Lipinski definition) is 1. The minimum absolute atomic E-state index is 0.0981. The molecule has 1 atom stereocenters. The number of carbonyl (C=O) groups is 2. The third kappa shape index (κ3) is 4.32. The number of nitrogens with one attached hydrogen (secondary N) is 1. The topological polar surface area (TPSA) is 98.5 Å². The molecule has 1 heterocycles. The minimum atomic E-state index is -0.610. The maximum atomic E-state index is 13.0. The van der Waals surface area contributed by atoms with Gasteiger partial charge in [-0.15, -0.1) is 11.8 Å². The van der Waals surface area contributed by atoms with Crippen molar-refractivity contribution >= 4 is 34.9 Å². The van der Waals surface area contributed by atoms with Gasteiger partial charge in [-0.05, 0) is 54.8 Å². The Morgan fingerprint density at radius 3 is 2.62 bits per heavy atom. The molecule has 1 aliphatic carbocycles. The minimum Gasteiger partial charge on any atom is -0.423 e. The molecule has 1 N–H and O–H groups in total. The molecule has 3 aromatic carbocycles. The lowest BCUT2D eigenvalue weighted by Gasteiger charge is -2.24. The number of benzene rings is 3. The average Bonchev–Trinajstić information content (AvgIpc) is 3.02. The third-order valence-corrected chi connectivity index (χ3v) is 7.17. The van der Waals surface area contributed by atoms with Crippen LogP contribution in [0.25, 0.3) is 0 Å². The first-order valence-corrected chi connectivity index (χ1v) is 11.7. The van der Waals surface area contributed by atoms with Crippen molar-refractivity contribution in [2.24, 2.45) is 0 Å². The molecule has 0 saturated carbocycles. The predicted octanol–water partition coefficient (Wildman–Crippen LogP) is 6.08. The van der Waals surface area contributed by atoms with E-state index in [1.807, 2.05) is 30.3 Å². The molecule has 0 bridgehead atoms. The number of ketones is 1. The van der Waals surface area contributed by atoms with E-state index in [2.05, 4.69) is 5.32 Å². The summed E-state index contributed by atoms with van der Waals surface area (Å²) in [5.41, 5.74) is 3.68. The number of thioether (sulfide) groups is 1. The predicted molar refractivity (Wildman–Crippen MR) is 129 cm³/mol. The van der Waals surface area contributed by atoms with E-state index in [1.165, 1.54) is 24.3 Å². The highest BCUT2D eigenvalue weighted by Gasteiger charge is 2.33. The number of nitro groups is 1. The molecular weight excluding hydrogens is 452 g/mol. The Bertz CT molecular complexity index is 1330. The number of hydrogen-bond acceptors (Lipinski definition) is 7. The van der Waals surface area contributed by atoms with Crippen LogP contribution in [0.3, 0.4) is 0 Å². The highest BCUT2D eigenvalue weighted by atomic mass is 32.2. The van der Waals surface area contributed by atoms with Crippen LogP contribution >= 0.6 is 11.8 Å². The Hall–Kier alpha value is -3.91. The Labute approximate surface area is 200 Å². The van der Waals surface area contributed by atoms with Gasteiger partial charge in [0.25, 0.3) is 5.69 Å². The largest absolute Gasteiger partial charge is 0.423 e. The van der Waals surface area contributed by atoms with Crippen molar-refractivity contribution in [3.63, 3.8) is 0 Å². The molecule has 34 heavy (non-hydrogen) atoms. The summed E-state index contributed by atoms with van der Waals surface area (Å²) in [4.78, 5) is 37.0. The SMILES string of the molecule is O=C1CCCC2=C1[C@@H](c1cccc(OC(=O)c3ccc([N+](=O)[O-])cc3)c1)Sc1ccccc1N2. The first kappa shape index (κ1) is 21.9. The van der Waals surface area contributed by atoms with Crippen molar-refractivity contribution in [3.8, 4) is 5.75 Å². The summed E-state index contributed by atoms with van der Waals surface area (Å²) >= 11 is 1.60. The maximum absolute atomic E-state index is 13.0. The van der Waals surface area contributed by atoms with Gasteiger partial charge in [0.05, 0.1) is 21.4 Å². The summed E-state index contributed by atoms with van der Waals surface area (Å²) in [5, 5.41) is 14.1. The van der Waals surface area contributed by atoms with Crippen LogP contribution in [0.1, 0.15) is 40.4 Å². The number of Topliss-reactive ketones (excluding diaryl/α,β-unsaturated/α-hetero) is 1. The van der Waals surface area contributed by atoms with Gasteiger partial charge in [0.1, 0.15) is 5.75 Å². The molecule has 5 rings (SSSR count). The van der Waals surface area contributed by atoms with Crippen LogP contribution in [0, 0.1) is 10.1 Å². The molecule has 0 spiro atoms. The molecule has 3 aromatic rings. The smallest absolute Gasteiger partial charge is 0.343 e. The summed E-state index contributed by atoms with van der Waals surface area (Å²) in [6.45, 7) is 0. The van der Waals surface area contributed by atoms with E-state index in [9.17, 15) is 19.7 Å². The molecule has 0 aromatic heterocycles. The van der Waals surface area contributed by atoms with E-state index in [1.54, 1.807) is 30.0 Å². The second-order valence-corrected chi connectivity index (χ2v) is 9.20. The number of ether oxygens (including phenoxy) is 1. The van der Waals surface area contributed by atoms with E-state index in [4.69, 9.17) is 4.74 Å². The van der Waals surface area contributed by atoms with Crippen molar-refractivity contribution in [2.45, 2.75) is 29.4 Å². The average molecular weight is 473 g/mol. The zero-order valence-electron chi connectivity index (χ0n) is 18.0. The molecule has 0 unspecified atom stereocenters. The molecule has 0 radical (unpaired) electrons. The maximum Gasteiger partial charge on any atom is 0.343 e. The summed E-state index contributed by atoms with van der Waals surface area (Å²) in [7, 11) is 0. The molecular formula is C26H20N2O5S. The van der Waals surface area contributed by atoms with Crippen LogP contribution in [0.15, 0.2) is 89.0 Å². The van der Waals surface area contributed by atoms with Crippen LogP contribution < -0.4 is 10.1 Å². The number of esters is 1. The van der Waals surface area contributed by atoms with Crippen LogP contribution in [0.5, 0.6) is 5.75 Å². The van der Waals surface area contributed by atoms with Gasteiger partial charge in [-0.1, -0.05) is 24.3 Å². The highest BCUT2D eigenvalue weighted by Crippen LogP contribution is 2.49. The fourth-order valence-corrected chi connectivity index (χ4v) is 5.51. The number of anilines is 1. The zero-order valence-corrected chi connectivity index (χ0v) is 18.8. The van der Waals surface area contributed by atoms with Crippen LogP contribution in [-0.4, -0.2) is 16.7 Å². The van der Waals surface area contributed by atoms with Crippen LogP contribution in [0.2, 0.25) is 0 Å².